The molecule has 2 aliphatic rings. The maximum absolute atomic E-state index is 12.8. The second-order valence-electron chi connectivity index (χ2n) is 8.83. The van der Waals surface area contributed by atoms with Gasteiger partial charge in [0.1, 0.15) is 11.4 Å². The number of pyridine rings is 1. The molecule has 2 atom stereocenters. The molecule has 0 amide bonds. The van der Waals surface area contributed by atoms with E-state index in [2.05, 4.69) is 30.0 Å². The van der Waals surface area contributed by atoms with Gasteiger partial charge in [-0.15, -0.1) is 10.2 Å². The van der Waals surface area contributed by atoms with Crippen molar-refractivity contribution in [3.05, 3.63) is 47.7 Å². The largest absolute Gasteiger partial charge is 0.433 e. The summed E-state index contributed by atoms with van der Waals surface area (Å²) in [6.07, 6.45) is 2.47. The van der Waals surface area contributed by atoms with Crippen LogP contribution in [-0.4, -0.2) is 60.0 Å². The van der Waals surface area contributed by atoms with Crippen molar-refractivity contribution in [2.24, 2.45) is 13.0 Å². The Balaban J connectivity index is 1.12. The minimum Gasteiger partial charge on any atom is -0.304 e. The van der Waals surface area contributed by atoms with Crippen LogP contribution in [0.25, 0.3) is 11.5 Å². The molecular formula is C22H24F3N7S. The van der Waals surface area contributed by atoms with Crippen LogP contribution < -0.4 is 0 Å². The first kappa shape index (κ1) is 22.3. The summed E-state index contributed by atoms with van der Waals surface area (Å²) in [5.74, 6) is 2.11. The summed E-state index contributed by atoms with van der Waals surface area (Å²) >= 11 is 1.66. The quantitative estimate of drug-likeness (QED) is 0.381. The van der Waals surface area contributed by atoms with E-state index >= 15 is 0 Å². The topological polar surface area (TPSA) is 72.6 Å². The second kappa shape index (κ2) is 8.35. The van der Waals surface area contributed by atoms with Crippen molar-refractivity contribution in [3.8, 4) is 11.5 Å². The zero-order valence-electron chi connectivity index (χ0n) is 18.4. The minimum absolute atomic E-state index is 0.0160. The fourth-order valence-corrected chi connectivity index (χ4v) is 5.52. The Labute approximate surface area is 193 Å². The molecule has 0 N–H and O–H groups in total. The Bertz CT molecular complexity index is 1130. The van der Waals surface area contributed by atoms with Crippen molar-refractivity contribution in [2.75, 3.05) is 25.4 Å². The Kier molecular flexibility index (Phi) is 5.64. The number of piperidine rings is 1. The summed E-state index contributed by atoms with van der Waals surface area (Å²) < 4.78 is 40.3. The van der Waals surface area contributed by atoms with Crippen LogP contribution in [-0.2, 0) is 18.6 Å². The molecule has 11 heteroatoms. The predicted octanol–water partition coefficient (Wildman–Crippen LogP) is 3.75. The first-order chi connectivity index (χ1) is 15.8. The fourth-order valence-electron chi connectivity index (χ4n) is 4.68. The second-order valence-corrected chi connectivity index (χ2v) is 9.89. The highest BCUT2D eigenvalue weighted by Gasteiger charge is 2.60. The predicted molar refractivity (Wildman–Crippen MR) is 118 cm³/mol. The van der Waals surface area contributed by atoms with Crippen LogP contribution in [0.15, 0.2) is 35.9 Å². The van der Waals surface area contributed by atoms with E-state index in [1.54, 1.807) is 30.2 Å². The van der Waals surface area contributed by atoms with Gasteiger partial charge >= 0.3 is 6.18 Å². The average Bonchev–Trinajstić information content (AvgIpc) is 3.16. The number of hydrogen-bond acceptors (Lipinski definition) is 7. The van der Waals surface area contributed by atoms with Gasteiger partial charge in [0.05, 0.1) is 11.9 Å². The summed E-state index contributed by atoms with van der Waals surface area (Å²) in [5, 5.41) is 9.38. The van der Waals surface area contributed by atoms with Crippen molar-refractivity contribution in [2.45, 2.75) is 36.5 Å². The smallest absolute Gasteiger partial charge is 0.304 e. The van der Waals surface area contributed by atoms with Gasteiger partial charge in [0.15, 0.2) is 11.0 Å². The third-order valence-corrected chi connectivity index (χ3v) is 7.65. The van der Waals surface area contributed by atoms with Crippen LogP contribution in [0.1, 0.15) is 29.8 Å². The Morgan fingerprint density at radius 3 is 2.67 bits per heavy atom. The van der Waals surface area contributed by atoms with Gasteiger partial charge in [-0.25, -0.2) is 4.98 Å². The van der Waals surface area contributed by atoms with Crippen molar-refractivity contribution in [1.82, 2.24) is 34.6 Å². The molecule has 0 spiro atoms. The highest BCUT2D eigenvalue weighted by Crippen LogP contribution is 2.58. The number of alkyl halides is 3. The number of aromatic nitrogens is 6. The molecule has 0 bridgehead atoms. The highest BCUT2D eigenvalue weighted by atomic mass is 32.2. The number of rotatable bonds is 7. The molecule has 7 nitrogen and oxygen atoms in total. The Morgan fingerprint density at radius 1 is 1.12 bits per heavy atom. The molecule has 33 heavy (non-hydrogen) atoms. The molecule has 3 aromatic heterocycles. The summed E-state index contributed by atoms with van der Waals surface area (Å²) in [6, 6.07) is 2.72. The van der Waals surface area contributed by atoms with Crippen LogP contribution in [0.4, 0.5) is 13.2 Å². The van der Waals surface area contributed by atoms with Gasteiger partial charge in [-0.1, -0.05) is 17.8 Å². The molecule has 1 aliphatic heterocycles. The van der Waals surface area contributed by atoms with Crippen molar-refractivity contribution in [3.63, 3.8) is 0 Å². The lowest BCUT2D eigenvalue weighted by Crippen LogP contribution is -2.28. The van der Waals surface area contributed by atoms with Crippen molar-refractivity contribution < 1.29 is 13.2 Å². The first-order valence-electron chi connectivity index (χ1n) is 10.8. The lowest BCUT2D eigenvalue weighted by molar-refractivity contribution is -0.141. The molecule has 2 fully saturated rings. The monoisotopic (exact) mass is 475 g/mol. The SMILES string of the molecule is Cc1cnc(-c2nnc(SCCCN3C[C@@H]4C[C@]4(c4ccc(C(F)(F)F)nc4)C3)n2C)cn1. The lowest BCUT2D eigenvalue weighted by Gasteiger charge is -2.21. The summed E-state index contributed by atoms with van der Waals surface area (Å²) in [4.78, 5) is 14.7. The number of nitrogens with zero attached hydrogens (tertiary/aromatic N) is 7. The molecular weight excluding hydrogens is 451 g/mol. The lowest BCUT2D eigenvalue weighted by atomic mass is 9.96. The molecule has 5 rings (SSSR count). The number of hydrogen-bond donors (Lipinski definition) is 0. The zero-order valence-corrected chi connectivity index (χ0v) is 19.2. The van der Waals surface area contributed by atoms with E-state index in [0.717, 1.165) is 60.7 Å². The van der Waals surface area contributed by atoms with E-state index in [9.17, 15) is 13.2 Å². The zero-order chi connectivity index (χ0) is 23.2. The van der Waals surface area contributed by atoms with Crippen LogP contribution in [0.2, 0.25) is 0 Å². The maximum atomic E-state index is 12.8. The molecule has 1 saturated carbocycles. The molecule has 0 aromatic carbocycles. The maximum Gasteiger partial charge on any atom is 0.433 e. The van der Waals surface area contributed by atoms with Gasteiger partial charge in [-0.3, -0.25) is 9.97 Å². The van der Waals surface area contributed by atoms with Gasteiger partial charge in [-0.2, -0.15) is 13.2 Å². The summed E-state index contributed by atoms with van der Waals surface area (Å²) in [6.45, 7) is 4.72. The third-order valence-electron chi connectivity index (χ3n) is 6.54. The number of likely N-dealkylation sites (tertiary alicyclic amines) is 1. The molecule has 3 aromatic rings. The Morgan fingerprint density at radius 2 is 1.97 bits per heavy atom. The van der Waals surface area contributed by atoms with E-state index in [1.165, 1.54) is 6.20 Å². The van der Waals surface area contributed by atoms with Crippen molar-refractivity contribution >= 4 is 11.8 Å². The number of halogens is 3. The van der Waals surface area contributed by atoms with E-state index < -0.39 is 11.9 Å². The Hall–Kier alpha value is -2.53. The highest BCUT2D eigenvalue weighted by molar-refractivity contribution is 7.99. The van der Waals surface area contributed by atoms with E-state index in [0.29, 0.717) is 17.4 Å². The van der Waals surface area contributed by atoms with Crippen molar-refractivity contribution in [1.29, 1.82) is 0 Å². The molecule has 1 aliphatic carbocycles. The third kappa shape index (κ3) is 4.35. The molecule has 4 heterocycles. The van der Waals surface area contributed by atoms with Gasteiger partial charge in [0.25, 0.3) is 0 Å². The normalized spacial score (nSPS) is 22.5. The van der Waals surface area contributed by atoms with Gasteiger partial charge in [0, 0.05) is 43.7 Å². The van der Waals surface area contributed by atoms with E-state index in [-0.39, 0.29) is 5.41 Å². The average molecular weight is 476 g/mol. The molecule has 174 valence electrons. The fraction of sp³-hybridized carbons (Fsp3) is 0.500. The molecule has 0 unspecified atom stereocenters. The summed E-state index contributed by atoms with van der Waals surface area (Å²) in [5.41, 5.74) is 1.64. The van der Waals surface area contributed by atoms with Gasteiger partial charge < -0.3 is 9.47 Å². The van der Waals surface area contributed by atoms with Gasteiger partial charge in [-0.05, 0) is 43.9 Å². The number of thioether (sulfide) groups is 1. The standard InChI is InChI=1S/C22H24F3N7S/c1-14-9-27-17(11-26-14)19-29-30-20(31(19)2)33-7-3-6-32-12-16-8-21(16,13-32)15-4-5-18(28-10-15)22(23,24)25/h4-5,9-11,16H,3,6-8,12-13H2,1-2H3/t16-,21+/m0/s1. The molecule has 1 saturated heterocycles. The number of fused-ring (bicyclic) bond motifs is 1. The van der Waals surface area contributed by atoms with E-state index in [4.69, 9.17) is 0 Å². The first-order valence-corrected chi connectivity index (χ1v) is 11.8. The van der Waals surface area contributed by atoms with Gasteiger partial charge in [0.2, 0.25) is 0 Å². The van der Waals surface area contributed by atoms with Crippen LogP contribution >= 0.6 is 11.8 Å². The van der Waals surface area contributed by atoms with Crippen LogP contribution in [0, 0.1) is 12.8 Å². The number of aryl methyl sites for hydroxylation is 1. The minimum atomic E-state index is -4.39. The van der Waals surface area contributed by atoms with E-state index in [1.807, 2.05) is 18.5 Å². The van der Waals surface area contributed by atoms with Crippen LogP contribution in [0.3, 0.4) is 0 Å². The summed E-state index contributed by atoms with van der Waals surface area (Å²) in [7, 11) is 1.93. The van der Waals surface area contributed by atoms with Crippen LogP contribution in [0.5, 0.6) is 0 Å². The molecule has 0 radical (unpaired) electrons.